The Morgan fingerprint density at radius 2 is 1.02 bits per heavy atom. The van der Waals surface area contributed by atoms with Gasteiger partial charge in [0.1, 0.15) is 0 Å². The third-order valence-electron chi connectivity index (χ3n) is 11.9. The van der Waals surface area contributed by atoms with Crippen LogP contribution in [0.15, 0.2) is 194 Å². The molecule has 1 unspecified atom stereocenters. The van der Waals surface area contributed by atoms with Crippen molar-refractivity contribution in [3.8, 4) is 66.6 Å². The summed E-state index contributed by atoms with van der Waals surface area (Å²) in [7, 11) is 0. The molecule has 0 saturated carbocycles. The van der Waals surface area contributed by atoms with Crippen molar-refractivity contribution >= 4 is 32.2 Å². The van der Waals surface area contributed by atoms with E-state index in [9.17, 15) is 0 Å². The number of benzene rings is 8. The van der Waals surface area contributed by atoms with E-state index in [1.54, 1.807) is 0 Å². The third kappa shape index (κ3) is 4.38. The monoisotopic (exact) mass is 728 g/mol. The number of fused-ring (bicyclic) bond motifs is 13. The molecule has 0 aliphatic heterocycles. The molecule has 2 aliphatic rings. The molecule has 0 bridgehead atoms. The molecular formula is C53H32N2S. The van der Waals surface area contributed by atoms with Gasteiger partial charge < -0.3 is 0 Å². The fourth-order valence-electron chi connectivity index (χ4n) is 9.60. The Morgan fingerprint density at radius 1 is 0.393 bits per heavy atom. The van der Waals surface area contributed by atoms with Crippen LogP contribution in [0, 0.1) is 0 Å². The summed E-state index contributed by atoms with van der Waals surface area (Å²) in [5, 5.41) is 3.71. The molecule has 12 rings (SSSR count). The zero-order valence-corrected chi connectivity index (χ0v) is 31.1. The topological polar surface area (TPSA) is 25.8 Å². The average Bonchev–Trinajstić information content (AvgIpc) is 3.90. The molecule has 3 heteroatoms. The highest BCUT2D eigenvalue weighted by Gasteiger charge is 2.53. The second-order valence-electron chi connectivity index (χ2n) is 14.8. The van der Waals surface area contributed by atoms with Crippen LogP contribution in [-0.2, 0) is 5.41 Å². The van der Waals surface area contributed by atoms with Crippen molar-refractivity contribution in [3.63, 3.8) is 0 Å². The standard InChI is InChI=1S/C53H32N2S/c1-2-16-34(17-3-1)46-32-47(55-52(54-46)36-30-29-33-15-4-5-18-35(33)31-36)38-20-7-6-19-37(38)39-24-14-27-45-49(39)40-21-8-11-25-43(40)53(45)44-26-12-9-22-41(44)51-50(53)42-23-10-13-28-48(42)56-51/h1-32H. The molecular weight excluding hydrogens is 697 g/mol. The minimum absolute atomic E-state index is 0.430. The summed E-state index contributed by atoms with van der Waals surface area (Å²) in [6.07, 6.45) is 0. The minimum atomic E-state index is -0.430. The first-order valence-corrected chi connectivity index (χ1v) is 20.0. The summed E-state index contributed by atoms with van der Waals surface area (Å²) < 4.78 is 1.33. The molecule has 0 N–H and O–H groups in total. The van der Waals surface area contributed by atoms with Crippen LogP contribution in [0.25, 0.3) is 87.5 Å². The van der Waals surface area contributed by atoms with Crippen LogP contribution in [0.4, 0.5) is 0 Å². The van der Waals surface area contributed by atoms with E-state index < -0.39 is 5.41 Å². The second kappa shape index (κ2) is 12.0. The third-order valence-corrected chi connectivity index (χ3v) is 13.1. The quantitative estimate of drug-likeness (QED) is 0.180. The fraction of sp³-hybridized carbons (Fsp3) is 0.0189. The number of aromatic nitrogens is 2. The number of nitrogens with zero attached hydrogens (tertiary/aromatic N) is 2. The van der Waals surface area contributed by atoms with E-state index in [0.717, 1.165) is 33.6 Å². The van der Waals surface area contributed by atoms with Gasteiger partial charge in [-0.05, 0) is 84.4 Å². The largest absolute Gasteiger partial charge is 0.228 e. The van der Waals surface area contributed by atoms with Gasteiger partial charge in [-0.15, -0.1) is 11.3 Å². The molecule has 0 radical (unpaired) electrons. The Labute approximate surface area is 329 Å². The van der Waals surface area contributed by atoms with Crippen molar-refractivity contribution in [3.05, 3.63) is 216 Å². The van der Waals surface area contributed by atoms with Gasteiger partial charge in [0.15, 0.2) is 5.82 Å². The summed E-state index contributed by atoms with van der Waals surface area (Å²) in [5.74, 6) is 0.712. The Balaban J connectivity index is 1.12. The normalized spacial score (nSPS) is 14.9. The second-order valence-corrected chi connectivity index (χ2v) is 15.9. The Kier molecular flexibility index (Phi) is 6.75. The number of rotatable bonds is 4. The molecule has 56 heavy (non-hydrogen) atoms. The highest BCUT2D eigenvalue weighted by atomic mass is 32.1. The van der Waals surface area contributed by atoms with Gasteiger partial charge in [0, 0.05) is 26.3 Å². The first-order valence-electron chi connectivity index (χ1n) is 19.2. The van der Waals surface area contributed by atoms with E-state index in [2.05, 4.69) is 194 Å². The predicted molar refractivity (Wildman–Crippen MR) is 233 cm³/mol. The molecule has 10 aromatic rings. The highest BCUT2D eigenvalue weighted by Crippen LogP contribution is 2.67. The lowest BCUT2D eigenvalue weighted by molar-refractivity contribution is 0.803. The molecule has 2 aromatic heterocycles. The van der Waals surface area contributed by atoms with Crippen LogP contribution in [0.2, 0.25) is 0 Å². The average molecular weight is 729 g/mol. The van der Waals surface area contributed by atoms with E-state index in [1.165, 1.54) is 70.2 Å². The summed E-state index contributed by atoms with van der Waals surface area (Å²) in [6, 6.07) is 70.5. The van der Waals surface area contributed by atoms with Crippen molar-refractivity contribution in [2.75, 3.05) is 0 Å². The van der Waals surface area contributed by atoms with Gasteiger partial charge in [0.05, 0.1) is 16.8 Å². The summed E-state index contributed by atoms with van der Waals surface area (Å²) >= 11 is 1.92. The molecule has 2 aliphatic carbocycles. The van der Waals surface area contributed by atoms with Crippen molar-refractivity contribution in [1.29, 1.82) is 0 Å². The maximum Gasteiger partial charge on any atom is 0.160 e. The van der Waals surface area contributed by atoms with Gasteiger partial charge in [-0.2, -0.15) is 0 Å². The maximum absolute atomic E-state index is 5.38. The zero-order valence-electron chi connectivity index (χ0n) is 30.3. The maximum atomic E-state index is 5.38. The van der Waals surface area contributed by atoms with Gasteiger partial charge in [0.25, 0.3) is 0 Å². The van der Waals surface area contributed by atoms with Gasteiger partial charge in [-0.1, -0.05) is 176 Å². The van der Waals surface area contributed by atoms with Gasteiger partial charge >= 0.3 is 0 Å². The zero-order chi connectivity index (χ0) is 36.8. The van der Waals surface area contributed by atoms with E-state index in [1.807, 2.05) is 11.3 Å². The number of thiophene rings is 1. The van der Waals surface area contributed by atoms with Crippen LogP contribution in [-0.4, -0.2) is 9.97 Å². The molecule has 0 amide bonds. The number of hydrogen-bond acceptors (Lipinski definition) is 3. The lowest BCUT2D eigenvalue weighted by Gasteiger charge is -2.30. The van der Waals surface area contributed by atoms with E-state index in [0.29, 0.717) is 5.82 Å². The smallest absolute Gasteiger partial charge is 0.160 e. The molecule has 2 nitrogen and oxygen atoms in total. The summed E-state index contributed by atoms with van der Waals surface area (Å²) in [5.41, 5.74) is 16.3. The first-order chi connectivity index (χ1) is 27.8. The molecule has 0 saturated heterocycles. The van der Waals surface area contributed by atoms with Crippen LogP contribution in [0.3, 0.4) is 0 Å². The first kappa shape index (κ1) is 31.4. The molecule has 1 atom stereocenters. The lowest BCUT2D eigenvalue weighted by Crippen LogP contribution is -2.25. The van der Waals surface area contributed by atoms with Crippen molar-refractivity contribution < 1.29 is 0 Å². The van der Waals surface area contributed by atoms with Gasteiger partial charge in [-0.3, -0.25) is 0 Å². The van der Waals surface area contributed by atoms with Crippen LogP contribution in [0.1, 0.15) is 22.3 Å². The van der Waals surface area contributed by atoms with Crippen molar-refractivity contribution in [2.45, 2.75) is 5.41 Å². The van der Waals surface area contributed by atoms with E-state index in [4.69, 9.17) is 9.97 Å². The predicted octanol–water partition coefficient (Wildman–Crippen LogP) is 13.9. The van der Waals surface area contributed by atoms with E-state index >= 15 is 0 Å². The Bertz CT molecular complexity index is 3210. The molecule has 8 aromatic carbocycles. The van der Waals surface area contributed by atoms with E-state index in [-0.39, 0.29) is 0 Å². The highest BCUT2D eigenvalue weighted by molar-refractivity contribution is 7.22. The van der Waals surface area contributed by atoms with Gasteiger partial charge in [-0.25, -0.2) is 9.97 Å². The van der Waals surface area contributed by atoms with Crippen LogP contribution >= 0.6 is 11.3 Å². The fourth-order valence-corrected chi connectivity index (χ4v) is 10.9. The molecule has 2 heterocycles. The number of hydrogen-bond donors (Lipinski definition) is 0. The molecule has 1 spiro atoms. The summed E-state index contributed by atoms with van der Waals surface area (Å²) in [4.78, 5) is 12.0. The molecule has 260 valence electrons. The summed E-state index contributed by atoms with van der Waals surface area (Å²) in [6.45, 7) is 0. The van der Waals surface area contributed by atoms with Gasteiger partial charge in [0.2, 0.25) is 0 Å². The Morgan fingerprint density at radius 3 is 1.88 bits per heavy atom. The Hall–Kier alpha value is -6.94. The van der Waals surface area contributed by atoms with Crippen LogP contribution < -0.4 is 0 Å². The van der Waals surface area contributed by atoms with Crippen LogP contribution in [0.5, 0.6) is 0 Å². The molecule has 0 fully saturated rings. The van der Waals surface area contributed by atoms with Crippen molar-refractivity contribution in [2.24, 2.45) is 0 Å². The lowest BCUT2D eigenvalue weighted by atomic mass is 9.70. The SMILES string of the molecule is c1ccc(-c2cc(-c3ccccc3-c3cccc4c3-c3ccccc3C43c4ccccc4-c4sc5ccccc5c43)nc(-c3ccc4ccccc4c3)n2)cc1. The van der Waals surface area contributed by atoms with Crippen molar-refractivity contribution in [1.82, 2.24) is 9.97 Å². The minimum Gasteiger partial charge on any atom is -0.228 e.